The molecule has 0 aliphatic carbocycles. The van der Waals surface area contributed by atoms with Gasteiger partial charge < -0.3 is 25.8 Å². The fraction of sp³-hybridized carbons (Fsp3) is 0.520. The van der Waals surface area contributed by atoms with E-state index in [2.05, 4.69) is 15.6 Å². The van der Waals surface area contributed by atoms with Gasteiger partial charge in [0.2, 0.25) is 6.79 Å². The van der Waals surface area contributed by atoms with Crippen LogP contribution in [0.2, 0.25) is 0 Å². The number of pyridine rings is 1. The number of fused-ring (bicyclic) bond motifs is 1. The maximum absolute atomic E-state index is 12.0. The number of ether oxygens (including phenoxy) is 2. The number of nitrogens with two attached hydrogens (primary N) is 1. The van der Waals surface area contributed by atoms with E-state index in [0.29, 0.717) is 18.9 Å². The first-order valence-corrected chi connectivity index (χ1v) is 11.8. The number of hydrogen-bond donors (Lipinski definition) is 3. The van der Waals surface area contributed by atoms with Crippen molar-refractivity contribution in [2.45, 2.75) is 63.8 Å². The van der Waals surface area contributed by atoms with Gasteiger partial charge in [0.25, 0.3) is 5.91 Å². The summed E-state index contributed by atoms with van der Waals surface area (Å²) in [6, 6.07) is 9.51. The maximum atomic E-state index is 12.0. The van der Waals surface area contributed by atoms with Crippen LogP contribution >= 0.6 is 0 Å². The molecule has 0 fully saturated rings. The Bertz CT molecular complexity index is 816. The third-order valence-electron chi connectivity index (χ3n) is 5.65. The summed E-state index contributed by atoms with van der Waals surface area (Å²) in [5.74, 6) is 1.54. The number of anilines is 1. The first-order valence-electron chi connectivity index (χ1n) is 11.8. The number of aromatic nitrogens is 1. The van der Waals surface area contributed by atoms with Crippen LogP contribution in [0.4, 0.5) is 5.69 Å². The van der Waals surface area contributed by atoms with Crippen LogP contribution in [0.5, 0.6) is 11.5 Å². The van der Waals surface area contributed by atoms with E-state index in [1.807, 2.05) is 18.2 Å². The minimum atomic E-state index is -0.111. The molecule has 0 bridgehead atoms. The number of nitrogens with zero attached hydrogens (tertiary/aromatic N) is 1. The van der Waals surface area contributed by atoms with Gasteiger partial charge in [-0.2, -0.15) is 0 Å². The maximum Gasteiger partial charge on any atom is 0.252 e. The van der Waals surface area contributed by atoms with E-state index < -0.39 is 0 Å². The average Bonchev–Trinajstić information content (AvgIpc) is 3.29. The van der Waals surface area contributed by atoms with Crippen molar-refractivity contribution in [2.24, 2.45) is 5.73 Å². The Labute approximate surface area is 191 Å². The van der Waals surface area contributed by atoms with Gasteiger partial charge in [-0.05, 0) is 37.1 Å². The molecule has 2 aromatic rings. The first kappa shape index (κ1) is 23.9. The van der Waals surface area contributed by atoms with E-state index in [4.69, 9.17) is 15.2 Å². The van der Waals surface area contributed by atoms with Crippen molar-refractivity contribution in [2.75, 3.05) is 25.2 Å². The van der Waals surface area contributed by atoms with E-state index in [9.17, 15) is 4.79 Å². The third kappa shape index (κ3) is 8.38. The van der Waals surface area contributed by atoms with Crippen LogP contribution in [0.25, 0.3) is 0 Å². The van der Waals surface area contributed by atoms with Crippen LogP contribution in [0.15, 0.2) is 42.7 Å². The molecule has 0 spiro atoms. The number of nitrogens with one attached hydrogen (secondary N) is 2. The lowest BCUT2D eigenvalue weighted by molar-refractivity contribution is 0.0950. The molecular weight excluding hydrogens is 404 g/mol. The van der Waals surface area contributed by atoms with Crippen molar-refractivity contribution in [1.29, 1.82) is 0 Å². The minimum absolute atomic E-state index is 0.00730. The van der Waals surface area contributed by atoms with Gasteiger partial charge in [0, 0.05) is 43.3 Å². The second kappa shape index (κ2) is 13.6. The number of carbonyl (C=O) groups excluding carboxylic acids is 1. The molecule has 0 radical (unpaired) electrons. The Kier molecular flexibility index (Phi) is 10.1. The topological polar surface area (TPSA) is 98.5 Å². The summed E-state index contributed by atoms with van der Waals surface area (Å²) in [6.45, 7) is 1.81. The highest BCUT2D eigenvalue weighted by Crippen LogP contribution is 2.34. The molecule has 1 aliphatic rings. The Balaban J connectivity index is 1.10. The zero-order valence-electron chi connectivity index (χ0n) is 18.9. The highest BCUT2D eigenvalue weighted by atomic mass is 16.7. The standard InChI is InChI=1S/C25H36N4O3/c26-21(18-29-25(30)20-10-9-14-27-17-20)11-7-5-3-1-2-4-6-8-15-28-22-12-13-23-24(16-22)32-19-31-23/h9-10,12-14,16-17,21,28H,1-8,11,15,18-19,26H2,(H,29,30). The van der Waals surface area contributed by atoms with Crippen molar-refractivity contribution in [1.82, 2.24) is 10.3 Å². The lowest BCUT2D eigenvalue weighted by atomic mass is 10.0. The zero-order chi connectivity index (χ0) is 22.4. The van der Waals surface area contributed by atoms with Gasteiger partial charge in [0.1, 0.15) is 0 Å². The molecule has 1 unspecified atom stereocenters. The SMILES string of the molecule is NC(CCCCCCCCCCNc1ccc2c(c1)OCO2)CNC(=O)c1cccnc1. The summed E-state index contributed by atoms with van der Waals surface area (Å²) in [5, 5.41) is 6.34. The molecule has 1 aliphatic heterocycles. The predicted molar refractivity (Wildman–Crippen MR) is 127 cm³/mol. The number of benzene rings is 1. The highest BCUT2D eigenvalue weighted by Gasteiger charge is 2.12. The first-order chi connectivity index (χ1) is 15.7. The molecule has 32 heavy (non-hydrogen) atoms. The summed E-state index contributed by atoms with van der Waals surface area (Å²) in [6.07, 6.45) is 14.0. The van der Waals surface area contributed by atoms with Crippen molar-refractivity contribution in [3.63, 3.8) is 0 Å². The van der Waals surface area contributed by atoms with E-state index in [1.165, 1.54) is 44.9 Å². The quantitative estimate of drug-likeness (QED) is 0.353. The fourth-order valence-electron chi connectivity index (χ4n) is 3.76. The van der Waals surface area contributed by atoms with Crippen molar-refractivity contribution < 1.29 is 14.3 Å². The molecule has 4 N–H and O–H groups in total. The Morgan fingerprint density at radius 2 is 1.75 bits per heavy atom. The van der Waals surface area contributed by atoms with E-state index >= 15 is 0 Å². The molecule has 2 heterocycles. The second-order valence-electron chi connectivity index (χ2n) is 8.32. The van der Waals surface area contributed by atoms with Gasteiger partial charge in [-0.3, -0.25) is 9.78 Å². The van der Waals surface area contributed by atoms with Gasteiger partial charge in [0.05, 0.1) is 5.56 Å². The highest BCUT2D eigenvalue weighted by molar-refractivity contribution is 5.93. The van der Waals surface area contributed by atoms with E-state index in [-0.39, 0.29) is 11.9 Å². The fourth-order valence-corrected chi connectivity index (χ4v) is 3.76. The Morgan fingerprint density at radius 1 is 1.00 bits per heavy atom. The van der Waals surface area contributed by atoms with Gasteiger partial charge in [0.15, 0.2) is 11.5 Å². The number of unbranched alkanes of at least 4 members (excludes halogenated alkanes) is 7. The number of amides is 1. The molecule has 3 rings (SSSR count). The van der Waals surface area contributed by atoms with Crippen molar-refractivity contribution in [3.05, 3.63) is 48.3 Å². The van der Waals surface area contributed by atoms with Crippen LogP contribution in [0.1, 0.15) is 68.1 Å². The molecule has 0 saturated carbocycles. The summed E-state index contributed by atoms with van der Waals surface area (Å²) < 4.78 is 10.7. The van der Waals surface area contributed by atoms with Crippen molar-refractivity contribution >= 4 is 11.6 Å². The van der Waals surface area contributed by atoms with Crippen LogP contribution in [-0.2, 0) is 0 Å². The predicted octanol–water partition coefficient (Wildman–Crippen LogP) is 4.49. The van der Waals surface area contributed by atoms with Crippen LogP contribution in [0.3, 0.4) is 0 Å². The molecule has 7 heteroatoms. The smallest absolute Gasteiger partial charge is 0.252 e. The molecular formula is C25H36N4O3. The normalized spacial score (nSPS) is 13.0. The molecule has 1 amide bonds. The van der Waals surface area contributed by atoms with Crippen LogP contribution in [-0.4, -0.2) is 36.8 Å². The number of hydrogen-bond acceptors (Lipinski definition) is 6. The second-order valence-corrected chi connectivity index (χ2v) is 8.32. The number of carbonyl (C=O) groups is 1. The van der Waals surface area contributed by atoms with Crippen molar-refractivity contribution in [3.8, 4) is 11.5 Å². The van der Waals surface area contributed by atoms with E-state index in [1.54, 1.807) is 24.5 Å². The summed E-state index contributed by atoms with van der Waals surface area (Å²) in [7, 11) is 0. The Morgan fingerprint density at radius 3 is 2.53 bits per heavy atom. The molecule has 1 aromatic carbocycles. The Hall–Kier alpha value is -2.80. The molecule has 7 nitrogen and oxygen atoms in total. The summed E-state index contributed by atoms with van der Waals surface area (Å²) in [4.78, 5) is 15.9. The van der Waals surface area contributed by atoms with Gasteiger partial charge >= 0.3 is 0 Å². The van der Waals surface area contributed by atoms with Gasteiger partial charge in [-0.1, -0.05) is 44.9 Å². The molecule has 1 atom stereocenters. The zero-order valence-corrected chi connectivity index (χ0v) is 18.9. The van der Waals surface area contributed by atoms with E-state index in [0.717, 1.165) is 36.6 Å². The van der Waals surface area contributed by atoms with Gasteiger partial charge in [-0.25, -0.2) is 0 Å². The van der Waals surface area contributed by atoms with Gasteiger partial charge in [-0.15, -0.1) is 0 Å². The molecule has 174 valence electrons. The monoisotopic (exact) mass is 440 g/mol. The lowest BCUT2D eigenvalue weighted by Gasteiger charge is -2.12. The lowest BCUT2D eigenvalue weighted by Crippen LogP contribution is -2.37. The molecule has 0 saturated heterocycles. The largest absolute Gasteiger partial charge is 0.454 e. The minimum Gasteiger partial charge on any atom is -0.454 e. The number of rotatable bonds is 15. The summed E-state index contributed by atoms with van der Waals surface area (Å²) in [5.41, 5.74) is 7.79. The molecule has 1 aromatic heterocycles. The van der Waals surface area contributed by atoms with Crippen LogP contribution < -0.4 is 25.8 Å². The van der Waals surface area contributed by atoms with Crippen LogP contribution in [0, 0.1) is 0 Å². The average molecular weight is 441 g/mol. The summed E-state index contributed by atoms with van der Waals surface area (Å²) >= 11 is 0. The third-order valence-corrected chi connectivity index (χ3v) is 5.65.